The minimum absolute atomic E-state index is 0.0683. The molecule has 0 aliphatic carbocycles. The molecule has 0 bridgehead atoms. The van der Waals surface area contributed by atoms with Crippen molar-refractivity contribution in [3.8, 4) is 5.75 Å². The van der Waals surface area contributed by atoms with Gasteiger partial charge in [-0.25, -0.2) is 8.78 Å². The van der Waals surface area contributed by atoms with Crippen molar-refractivity contribution in [3.63, 3.8) is 0 Å². The zero-order valence-electron chi connectivity index (χ0n) is 10.8. The number of hydrogen-bond acceptors (Lipinski definition) is 2. The minimum atomic E-state index is -0.578. The van der Waals surface area contributed by atoms with E-state index in [0.29, 0.717) is 6.42 Å². The maximum atomic E-state index is 13.9. The Morgan fingerprint density at radius 2 is 2.11 bits per heavy atom. The molecule has 1 aromatic carbocycles. The first-order valence-electron chi connectivity index (χ1n) is 6.40. The summed E-state index contributed by atoms with van der Waals surface area (Å²) in [5, 5.41) is 0. The van der Waals surface area contributed by atoms with Crippen LogP contribution in [0.3, 0.4) is 0 Å². The molecule has 1 aliphatic heterocycles. The second-order valence-electron chi connectivity index (χ2n) is 4.68. The van der Waals surface area contributed by atoms with Crippen molar-refractivity contribution < 1.29 is 18.3 Å². The fourth-order valence-corrected chi connectivity index (χ4v) is 3.03. The highest BCUT2D eigenvalue weighted by atomic mass is 79.9. The van der Waals surface area contributed by atoms with Gasteiger partial charge in [0.05, 0.1) is 13.2 Å². The van der Waals surface area contributed by atoms with Crippen molar-refractivity contribution >= 4 is 15.9 Å². The summed E-state index contributed by atoms with van der Waals surface area (Å²) in [7, 11) is 1.39. The Labute approximate surface area is 120 Å². The first kappa shape index (κ1) is 14.7. The van der Waals surface area contributed by atoms with Gasteiger partial charge < -0.3 is 9.47 Å². The number of hydrogen-bond donors (Lipinski definition) is 0. The molecule has 0 saturated carbocycles. The highest BCUT2D eigenvalue weighted by Crippen LogP contribution is 2.35. The average Bonchev–Trinajstić information content (AvgIpc) is 2.88. The summed E-state index contributed by atoms with van der Waals surface area (Å²) in [5.41, 5.74) is 0.0683. The third kappa shape index (κ3) is 3.66. The van der Waals surface area contributed by atoms with E-state index in [2.05, 4.69) is 15.9 Å². The van der Waals surface area contributed by atoms with Crippen LogP contribution in [-0.4, -0.2) is 19.8 Å². The molecule has 106 valence electrons. The van der Waals surface area contributed by atoms with E-state index in [1.54, 1.807) is 0 Å². The van der Waals surface area contributed by atoms with Crippen molar-refractivity contribution in [2.45, 2.75) is 36.6 Å². The lowest BCUT2D eigenvalue weighted by molar-refractivity contribution is 0.102. The van der Waals surface area contributed by atoms with Crippen molar-refractivity contribution in [2.75, 3.05) is 13.7 Å². The number of rotatable bonds is 5. The van der Waals surface area contributed by atoms with Gasteiger partial charge in [0, 0.05) is 29.1 Å². The highest BCUT2D eigenvalue weighted by molar-refractivity contribution is 9.09. The van der Waals surface area contributed by atoms with Gasteiger partial charge in [-0.15, -0.1) is 0 Å². The first-order valence-corrected chi connectivity index (χ1v) is 7.32. The fraction of sp³-hybridized carbons (Fsp3) is 0.571. The molecule has 1 saturated heterocycles. The highest BCUT2D eigenvalue weighted by Gasteiger charge is 2.22. The maximum Gasteiger partial charge on any atom is 0.134 e. The molecule has 1 aromatic rings. The van der Waals surface area contributed by atoms with E-state index in [4.69, 9.17) is 9.47 Å². The van der Waals surface area contributed by atoms with Crippen LogP contribution in [0.4, 0.5) is 8.78 Å². The van der Waals surface area contributed by atoms with Gasteiger partial charge in [0.1, 0.15) is 17.4 Å². The monoisotopic (exact) mass is 334 g/mol. The molecule has 0 radical (unpaired) electrons. The first-order chi connectivity index (χ1) is 9.11. The topological polar surface area (TPSA) is 18.5 Å². The van der Waals surface area contributed by atoms with E-state index in [1.165, 1.54) is 19.2 Å². The lowest BCUT2D eigenvalue weighted by Crippen LogP contribution is -2.07. The van der Waals surface area contributed by atoms with E-state index in [9.17, 15) is 8.78 Å². The average molecular weight is 335 g/mol. The van der Waals surface area contributed by atoms with Gasteiger partial charge in [0.15, 0.2) is 0 Å². The molecular formula is C14H17BrF2O2. The number of alkyl halides is 1. The number of halogens is 3. The van der Waals surface area contributed by atoms with Gasteiger partial charge >= 0.3 is 0 Å². The van der Waals surface area contributed by atoms with Gasteiger partial charge in [-0.3, -0.25) is 0 Å². The molecule has 19 heavy (non-hydrogen) atoms. The Morgan fingerprint density at radius 3 is 2.63 bits per heavy atom. The van der Waals surface area contributed by atoms with Crippen molar-refractivity contribution in [1.29, 1.82) is 0 Å². The molecule has 2 atom stereocenters. The third-order valence-corrected chi connectivity index (χ3v) is 4.28. The number of ether oxygens (including phenoxy) is 2. The summed E-state index contributed by atoms with van der Waals surface area (Å²) in [4.78, 5) is -0.345. The summed E-state index contributed by atoms with van der Waals surface area (Å²) < 4.78 is 38.1. The van der Waals surface area contributed by atoms with E-state index in [0.717, 1.165) is 25.9 Å². The van der Waals surface area contributed by atoms with Crippen LogP contribution < -0.4 is 4.74 Å². The predicted molar refractivity (Wildman–Crippen MR) is 72.8 cm³/mol. The molecule has 1 heterocycles. The normalized spacial score (nSPS) is 20.5. The Kier molecular flexibility index (Phi) is 5.16. The molecule has 1 aliphatic rings. The standard InChI is InChI=1S/C14H17BrF2O2/c1-18-10-7-12(16)14(13(17)8-10)11(15)5-4-9-3-2-6-19-9/h7-9,11H,2-6H2,1H3. The molecule has 1 fully saturated rings. The zero-order chi connectivity index (χ0) is 13.8. The predicted octanol–water partition coefficient (Wildman–Crippen LogP) is 4.37. The van der Waals surface area contributed by atoms with Gasteiger partial charge in [-0.05, 0) is 25.7 Å². The van der Waals surface area contributed by atoms with Crippen LogP contribution in [-0.2, 0) is 4.74 Å². The second kappa shape index (κ2) is 6.66. The van der Waals surface area contributed by atoms with E-state index in [1.807, 2.05) is 0 Å². The van der Waals surface area contributed by atoms with Crippen LogP contribution in [0.1, 0.15) is 36.1 Å². The van der Waals surface area contributed by atoms with E-state index >= 15 is 0 Å². The van der Waals surface area contributed by atoms with Crippen molar-refractivity contribution in [1.82, 2.24) is 0 Å². The van der Waals surface area contributed by atoms with Crippen molar-refractivity contribution in [2.24, 2.45) is 0 Å². The Balaban J connectivity index is 2.03. The largest absolute Gasteiger partial charge is 0.497 e. The Bertz CT molecular complexity index is 410. The summed E-state index contributed by atoms with van der Waals surface area (Å²) in [6.07, 6.45) is 3.78. The lowest BCUT2D eigenvalue weighted by Gasteiger charge is -2.15. The Hall–Kier alpha value is -0.680. The SMILES string of the molecule is COc1cc(F)c(C(Br)CCC2CCCO2)c(F)c1. The van der Waals surface area contributed by atoms with Gasteiger partial charge in [0.2, 0.25) is 0 Å². The molecule has 0 spiro atoms. The fourth-order valence-electron chi connectivity index (χ4n) is 2.33. The molecule has 5 heteroatoms. The maximum absolute atomic E-state index is 13.9. The zero-order valence-corrected chi connectivity index (χ0v) is 12.4. The second-order valence-corrected chi connectivity index (χ2v) is 5.79. The molecule has 2 rings (SSSR count). The van der Waals surface area contributed by atoms with E-state index in [-0.39, 0.29) is 22.2 Å². The van der Waals surface area contributed by atoms with Gasteiger partial charge in [0.25, 0.3) is 0 Å². The molecular weight excluding hydrogens is 318 g/mol. The molecule has 0 amide bonds. The molecule has 0 aromatic heterocycles. The Morgan fingerprint density at radius 1 is 1.42 bits per heavy atom. The summed E-state index contributed by atoms with van der Waals surface area (Å²) in [6.45, 7) is 0.795. The van der Waals surface area contributed by atoms with Crippen LogP contribution in [0, 0.1) is 11.6 Å². The van der Waals surface area contributed by atoms with Gasteiger partial charge in [-0.1, -0.05) is 15.9 Å². The smallest absolute Gasteiger partial charge is 0.134 e. The van der Waals surface area contributed by atoms with Crippen LogP contribution in [0.25, 0.3) is 0 Å². The minimum Gasteiger partial charge on any atom is -0.497 e. The van der Waals surface area contributed by atoms with Crippen LogP contribution in [0.15, 0.2) is 12.1 Å². The van der Waals surface area contributed by atoms with Crippen LogP contribution in [0.2, 0.25) is 0 Å². The summed E-state index contributed by atoms with van der Waals surface area (Å²) in [6, 6.07) is 2.41. The molecule has 2 unspecified atom stereocenters. The number of benzene rings is 1. The van der Waals surface area contributed by atoms with E-state index < -0.39 is 11.6 Å². The third-order valence-electron chi connectivity index (χ3n) is 3.37. The van der Waals surface area contributed by atoms with Crippen LogP contribution >= 0.6 is 15.9 Å². The molecule has 2 nitrogen and oxygen atoms in total. The van der Waals surface area contributed by atoms with Gasteiger partial charge in [-0.2, -0.15) is 0 Å². The molecule has 0 N–H and O–H groups in total. The quantitative estimate of drug-likeness (QED) is 0.744. The lowest BCUT2D eigenvalue weighted by atomic mass is 10.0. The van der Waals surface area contributed by atoms with Crippen LogP contribution in [0.5, 0.6) is 5.75 Å². The summed E-state index contributed by atoms with van der Waals surface area (Å²) >= 11 is 3.37. The summed E-state index contributed by atoms with van der Waals surface area (Å²) in [5.74, 6) is -0.963. The van der Waals surface area contributed by atoms with Crippen molar-refractivity contribution in [3.05, 3.63) is 29.3 Å². The number of methoxy groups -OCH3 is 1.